The molecule has 10 aromatic carbocycles. The van der Waals surface area contributed by atoms with Crippen LogP contribution in [0.2, 0.25) is 0 Å². The van der Waals surface area contributed by atoms with Crippen molar-refractivity contribution < 1.29 is 0 Å². The first-order valence-corrected chi connectivity index (χ1v) is 22.5. The molecule has 5 heteroatoms. The lowest BCUT2D eigenvalue weighted by Gasteiger charge is -2.13. The van der Waals surface area contributed by atoms with Crippen LogP contribution in [-0.2, 0) is 0 Å². The molecule has 1 heterocycles. The molecule has 0 spiro atoms. The Balaban J connectivity index is 0.846. The van der Waals surface area contributed by atoms with E-state index in [1.165, 1.54) is 44.2 Å². The molecule has 68 heavy (non-hydrogen) atoms. The number of nitrogens with zero attached hydrogens (tertiary/aromatic N) is 5. The summed E-state index contributed by atoms with van der Waals surface area (Å²) in [7, 11) is 0. The Morgan fingerprint density at radius 3 is 1.37 bits per heavy atom. The monoisotopic (exact) mass is 863 g/mol. The van der Waals surface area contributed by atoms with Crippen molar-refractivity contribution in [2.75, 3.05) is 0 Å². The number of rotatable bonds is 8. The molecule has 0 atom stereocenters. The Bertz CT molecular complexity index is 3840. The van der Waals surface area contributed by atoms with Gasteiger partial charge in [0.25, 0.3) is 0 Å². The van der Waals surface area contributed by atoms with Crippen LogP contribution in [0.5, 0.6) is 0 Å². The van der Waals surface area contributed by atoms with Gasteiger partial charge in [-0.15, -0.1) is 0 Å². The average Bonchev–Trinajstić information content (AvgIpc) is 3.76. The fourth-order valence-electron chi connectivity index (χ4n) is 9.57. The molecule has 0 bridgehead atoms. The van der Waals surface area contributed by atoms with Gasteiger partial charge in [0.1, 0.15) is 0 Å². The summed E-state index contributed by atoms with van der Waals surface area (Å²) in [5.41, 5.74) is 19.4. The minimum Gasteiger partial charge on any atom is -0.208 e. The largest absolute Gasteiger partial charge is 0.208 e. The van der Waals surface area contributed by atoms with Crippen molar-refractivity contribution >= 4 is 10.8 Å². The highest BCUT2D eigenvalue weighted by Gasteiger charge is 2.24. The van der Waals surface area contributed by atoms with Gasteiger partial charge < -0.3 is 0 Å². The molecule has 0 unspecified atom stereocenters. The third-order valence-electron chi connectivity index (χ3n) is 13.0. The predicted octanol–water partition coefficient (Wildman–Crippen LogP) is 15.8. The third-order valence-corrected chi connectivity index (χ3v) is 13.0. The van der Waals surface area contributed by atoms with E-state index >= 15 is 0 Å². The van der Waals surface area contributed by atoms with Crippen LogP contribution in [0, 0.1) is 22.7 Å². The normalized spacial score (nSPS) is 11.2. The molecule has 314 valence electrons. The first kappa shape index (κ1) is 40.0. The van der Waals surface area contributed by atoms with Crippen molar-refractivity contribution in [2.24, 2.45) is 0 Å². The van der Waals surface area contributed by atoms with Crippen molar-refractivity contribution in [2.45, 2.75) is 0 Å². The van der Waals surface area contributed by atoms with Crippen molar-refractivity contribution in [3.05, 3.63) is 236 Å². The van der Waals surface area contributed by atoms with Crippen LogP contribution < -0.4 is 0 Å². The summed E-state index contributed by atoms with van der Waals surface area (Å²) in [6.07, 6.45) is 0. The highest BCUT2D eigenvalue weighted by molar-refractivity contribution is 6.19. The predicted molar refractivity (Wildman–Crippen MR) is 275 cm³/mol. The van der Waals surface area contributed by atoms with Gasteiger partial charge in [-0.3, -0.25) is 0 Å². The Hall–Kier alpha value is -9.55. The van der Waals surface area contributed by atoms with Crippen LogP contribution in [0.25, 0.3) is 123 Å². The molecular formula is C63H37N5. The molecule has 0 amide bonds. The third kappa shape index (κ3) is 7.18. The van der Waals surface area contributed by atoms with Crippen LogP contribution in [0.3, 0.4) is 0 Å². The van der Waals surface area contributed by atoms with E-state index in [1.807, 2.05) is 97.1 Å². The van der Waals surface area contributed by atoms with E-state index in [4.69, 9.17) is 15.0 Å². The van der Waals surface area contributed by atoms with Crippen LogP contribution >= 0.6 is 0 Å². The molecule has 0 aliphatic heterocycles. The van der Waals surface area contributed by atoms with Gasteiger partial charge in [-0.25, -0.2) is 15.0 Å². The number of nitriles is 2. The molecule has 0 fully saturated rings. The summed E-state index contributed by atoms with van der Waals surface area (Å²) in [5, 5.41) is 22.2. The molecule has 0 saturated carbocycles. The van der Waals surface area contributed by atoms with Gasteiger partial charge in [0.15, 0.2) is 17.5 Å². The Kier molecular flexibility index (Phi) is 9.87. The smallest absolute Gasteiger partial charge is 0.164 e. The van der Waals surface area contributed by atoms with E-state index in [-0.39, 0.29) is 0 Å². The van der Waals surface area contributed by atoms with Crippen LogP contribution in [0.15, 0.2) is 224 Å². The maximum absolute atomic E-state index is 10.3. The van der Waals surface area contributed by atoms with E-state index in [0.717, 1.165) is 61.2 Å². The van der Waals surface area contributed by atoms with Gasteiger partial charge in [0, 0.05) is 22.3 Å². The van der Waals surface area contributed by atoms with Crippen molar-refractivity contribution in [3.8, 4) is 124 Å². The quantitative estimate of drug-likeness (QED) is 0.152. The number of hydrogen-bond acceptors (Lipinski definition) is 5. The number of aromatic nitrogens is 3. The van der Waals surface area contributed by atoms with Crippen LogP contribution in [0.1, 0.15) is 11.1 Å². The molecule has 1 aliphatic rings. The summed E-state index contributed by atoms with van der Waals surface area (Å²) < 4.78 is 0. The summed E-state index contributed by atoms with van der Waals surface area (Å²) in [6.45, 7) is 0. The van der Waals surface area contributed by atoms with Crippen molar-refractivity contribution in [1.29, 1.82) is 10.5 Å². The van der Waals surface area contributed by atoms with Crippen LogP contribution in [-0.4, -0.2) is 15.0 Å². The van der Waals surface area contributed by atoms with Gasteiger partial charge in [-0.05, 0) is 119 Å². The van der Waals surface area contributed by atoms with Gasteiger partial charge in [0.2, 0.25) is 0 Å². The first-order valence-electron chi connectivity index (χ1n) is 22.5. The SMILES string of the molecule is N#Cc1ccc(-c2cccc(-c3nc(-c4ccccc4)nc(-c4cccc(-c5ccc(-c6cc(-c7ccc(-c8ccc9cccc%10c9c8-c8ccccc8-%10)cc7)ccc6C#N)cc5)c4)n3)c2)cc1. The second-order valence-corrected chi connectivity index (χ2v) is 17.0. The summed E-state index contributed by atoms with van der Waals surface area (Å²) >= 11 is 0. The van der Waals surface area contributed by atoms with E-state index in [2.05, 4.69) is 140 Å². The van der Waals surface area contributed by atoms with Gasteiger partial charge in [-0.1, -0.05) is 188 Å². The highest BCUT2D eigenvalue weighted by atomic mass is 15.0. The molecular weight excluding hydrogens is 827 g/mol. The second kappa shape index (κ2) is 16.8. The van der Waals surface area contributed by atoms with E-state index in [0.29, 0.717) is 28.6 Å². The van der Waals surface area contributed by atoms with Gasteiger partial charge >= 0.3 is 0 Å². The molecule has 0 saturated heterocycles. The van der Waals surface area contributed by atoms with E-state index in [1.54, 1.807) is 0 Å². The molecule has 0 N–H and O–H groups in total. The van der Waals surface area contributed by atoms with E-state index < -0.39 is 0 Å². The molecule has 5 nitrogen and oxygen atoms in total. The molecule has 1 aromatic heterocycles. The zero-order valence-corrected chi connectivity index (χ0v) is 36.6. The molecule has 11 aromatic rings. The Morgan fingerprint density at radius 2 is 0.750 bits per heavy atom. The number of fused-ring (bicyclic) bond motifs is 3. The standard InChI is InChI=1S/C63H37N5/c64-38-40-19-21-41(22-20-40)48-12-6-14-51(35-48)62-66-61(47-9-2-1-3-10-47)67-63(68-62)52-15-7-13-49(36-52)42-25-29-45(30-26-42)58-37-50(31-32-53(58)39-65)43-23-27-44(28-24-43)54-34-33-46-11-8-18-56-55-16-4-5-17-57(55)60(54)59(46)56/h1-37H. The number of benzene rings is 10. The van der Waals surface area contributed by atoms with E-state index in [9.17, 15) is 10.5 Å². The van der Waals surface area contributed by atoms with Crippen molar-refractivity contribution in [1.82, 2.24) is 15.0 Å². The Labute approximate surface area is 394 Å². The lowest BCUT2D eigenvalue weighted by atomic mass is 9.91. The van der Waals surface area contributed by atoms with Crippen molar-refractivity contribution in [3.63, 3.8) is 0 Å². The summed E-state index contributed by atoms with van der Waals surface area (Å²) in [6, 6.07) is 81.7. The molecule has 1 aliphatic carbocycles. The maximum Gasteiger partial charge on any atom is 0.164 e. The zero-order chi connectivity index (χ0) is 45.6. The molecule has 0 radical (unpaired) electrons. The zero-order valence-electron chi connectivity index (χ0n) is 36.6. The lowest BCUT2D eigenvalue weighted by Crippen LogP contribution is -2.00. The topological polar surface area (TPSA) is 86.2 Å². The summed E-state index contributed by atoms with van der Waals surface area (Å²) in [4.78, 5) is 15.0. The fraction of sp³-hybridized carbons (Fsp3) is 0. The minimum absolute atomic E-state index is 0.564. The minimum atomic E-state index is 0.564. The van der Waals surface area contributed by atoms with Gasteiger partial charge in [0.05, 0.1) is 23.3 Å². The Morgan fingerprint density at radius 1 is 0.279 bits per heavy atom. The molecule has 12 rings (SSSR count). The maximum atomic E-state index is 10.3. The van der Waals surface area contributed by atoms with Gasteiger partial charge in [-0.2, -0.15) is 10.5 Å². The van der Waals surface area contributed by atoms with Crippen LogP contribution in [0.4, 0.5) is 0 Å². The summed E-state index contributed by atoms with van der Waals surface area (Å²) in [5.74, 6) is 1.71. The first-order chi connectivity index (χ1) is 33.6. The second-order valence-electron chi connectivity index (χ2n) is 17.0. The lowest BCUT2D eigenvalue weighted by molar-refractivity contribution is 1.07. The fourth-order valence-corrected chi connectivity index (χ4v) is 9.57. The highest BCUT2D eigenvalue weighted by Crippen LogP contribution is 2.51. The average molecular weight is 864 g/mol. The number of hydrogen-bond donors (Lipinski definition) is 0.